The molecule has 0 aliphatic carbocycles. The van der Waals surface area contributed by atoms with Gasteiger partial charge in [0, 0.05) is 30.3 Å². The number of fused-ring (bicyclic) bond motifs is 1. The van der Waals surface area contributed by atoms with E-state index in [1.807, 2.05) is 65.6 Å². The summed E-state index contributed by atoms with van der Waals surface area (Å²) in [6.07, 6.45) is 3.15. The summed E-state index contributed by atoms with van der Waals surface area (Å²) >= 11 is 0. The van der Waals surface area contributed by atoms with Crippen molar-refractivity contribution in [3.63, 3.8) is 0 Å². The number of piperazine rings is 1. The van der Waals surface area contributed by atoms with Gasteiger partial charge in [0.05, 0.1) is 18.3 Å². The van der Waals surface area contributed by atoms with Crippen LogP contribution in [0.4, 0.5) is 0 Å². The largest absolute Gasteiger partial charge is 0.457 e. The average Bonchev–Trinajstić information content (AvgIpc) is 3.41. The molecular formula is C25H24N4O3. The predicted molar refractivity (Wildman–Crippen MR) is 122 cm³/mol. The summed E-state index contributed by atoms with van der Waals surface area (Å²) in [6.45, 7) is 4.98. The van der Waals surface area contributed by atoms with Gasteiger partial charge in [-0.05, 0) is 30.7 Å². The van der Waals surface area contributed by atoms with E-state index in [0.717, 1.165) is 29.1 Å². The number of para-hydroxylation sites is 1. The van der Waals surface area contributed by atoms with Gasteiger partial charge in [-0.1, -0.05) is 43.0 Å². The maximum absolute atomic E-state index is 12.9. The Labute approximate surface area is 186 Å². The molecule has 2 saturated heterocycles. The number of amides is 2. The number of allylic oxidation sites excluding steroid dienone is 1. The molecule has 3 heterocycles. The van der Waals surface area contributed by atoms with E-state index in [-0.39, 0.29) is 23.9 Å². The van der Waals surface area contributed by atoms with Crippen LogP contribution in [-0.4, -0.2) is 47.6 Å². The normalized spacial score (nSPS) is 22.1. The minimum absolute atomic E-state index is 0.0122. The Morgan fingerprint density at radius 3 is 2.81 bits per heavy atom. The first-order valence-corrected chi connectivity index (χ1v) is 10.7. The minimum Gasteiger partial charge on any atom is -0.457 e. The summed E-state index contributed by atoms with van der Waals surface area (Å²) in [5, 5.41) is 5.92. The van der Waals surface area contributed by atoms with Crippen molar-refractivity contribution in [3.05, 3.63) is 78.5 Å². The molecule has 2 atom stereocenters. The highest BCUT2D eigenvalue weighted by atomic mass is 16.5. The van der Waals surface area contributed by atoms with Gasteiger partial charge >= 0.3 is 0 Å². The van der Waals surface area contributed by atoms with Crippen molar-refractivity contribution in [2.75, 3.05) is 13.1 Å². The summed E-state index contributed by atoms with van der Waals surface area (Å²) in [5.41, 5.74) is 2.91. The maximum Gasteiger partial charge on any atom is 0.266 e. The number of hydrogen-bond acceptors (Lipinski definition) is 5. The van der Waals surface area contributed by atoms with E-state index < -0.39 is 0 Å². The molecule has 0 aromatic heterocycles. The second kappa shape index (κ2) is 8.34. The van der Waals surface area contributed by atoms with Crippen LogP contribution < -0.4 is 15.4 Å². The van der Waals surface area contributed by atoms with Crippen molar-refractivity contribution in [1.29, 1.82) is 0 Å². The van der Waals surface area contributed by atoms with E-state index in [9.17, 15) is 9.59 Å². The molecule has 0 saturated carbocycles. The van der Waals surface area contributed by atoms with Gasteiger partial charge in [0.15, 0.2) is 0 Å². The summed E-state index contributed by atoms with van der Waals surface area (Å²) in [4.78, 5) is 31.1. The van der Waals surface area contributed by atoms with Crippen molar-refractivity contribution < 1.29 is 14.3 Å². The minimum atomic E-state index is -0.196. The van der Waals surface area contributed by atoms with Crippen LogP contribution in [0.5, 0.6) is 11.5 Å². The molecule has 2 fully saturated rings. The topological polar surface area (TPSA) is 83.0 Å². The summed E-state index contributed by atoms with van der Waals surface area (Å²) in [7, 11) is 0. The zero-order valence-electron chi connectivity index (χ0n) is 17.6. The molecule has 2 N–H and O–H groups in total. The number of carbonyl (C=O) groups is 2. The first-order valence-electron chi connectivity index (χ1n) is 10.7. The quantitative estimate of drug-likeness (QED) is 0.767. The number of rotatable bonds is 5. The molecule has 7 heteroatoms. The molecule has 2 amide bonds. The fourth-order valence-corrected chi connectivity index (χ4v) is 4.32. The lowest BCUT2D eigenvalue weighted by atomic mass is 10.1. The molecule has 7 nitrogen and oxygen atoms in total. The summed E-state index contributed by atoms with van der Waals surface area (Å²) < 4.78 is 5.91. The van der Waals surface area contributed by atoms with Gasteiger partial charge in [-0.25, -0.2) is 4.99 Å². The van der Waals surface area contributed by atoms with Crippen molar-refractivity contribution in [3.8, 4) is 11.5 Å². The SMILES string of the molecule is C=C1C(NC(=O)C2=NC(c3cccc(Oc4ccccc4)c3)=CC2)CC2CNC(=O)CN12. The van der Waals surface area contributed by atoms with Crippen LogP contribution in [0.1, 0.15) is 18.4 Å². The van der Waals surface area contributed by atoms with Gasteiger partial charge in [-0.15, -0.1) is 0 Å². The van der Waals surface area contributed by atoms with Gasteiger partial charge < -0.3 is 20.3 Å². The molecule has 2 aromatic carbocycles. The smallest absolute Gasteiger partial charge is 0.266 e. The lowest BCUT2D eigenvalue weighted by Crippen LogP contribution is -2.50. The number of hydrogen-bond donors (Lipinski definition) is 2. The van der Waals surface area contributed by atoms with Crippen molar-refractivity contribution >= 4 is 23.2 Å². The fourth-order valence-electron chi connectivity index (χ4n) is 4.32. The molecule has 162 valence electrons. The lowest BCUT2D eigenvalue weighted by molar-refractivity contribution is -0.124. The van der Waals surface area contributed by atoms with Gasteiger partial charge in [0.1, 0.15) is 17.2 Å². The Morgan fingerprint density at radius 1 is 1.16 bits per heavy atom. The van der Waals surface area contributed by atoms with Crippen LogP contribution in [0, 0.1) is 0 Å². The van der Waals surface area contributed by atoms with Crippen LogP contribution in [0.2, 0.25) is 0 Å². The molecule has 3 aliphatic heterocycles. The zero-order valence-corrected chi connectivity index (χ0v) is 17.6. The molecular weight excluding hydrogens is 404 g/mol. The highest BCUT2D eigenvalue weighted by molar-refractivity contribution is 6.41. The highest BCUT2D eigenvalue weighted by Crippen LogP contribution is 2.30. The monoisotopic (exact) mass is 428 g/mol. The first kappa shape index (κ1) is 20.1. The van der Waals surface area contributed by atoms with Crippen LogP contribution in [0.3, 0.4) is 0 Å². The lowest BCUT2D eigenvalue weighted by Gasteiger charge is -2.31. The number of nitrogens with zero attached hydrogens (tertiary/aromatic N) is 2. The predicted octanol–water partition coefficient (Wildman–Crippen LogP) is 2.87. The second-order valence-electron chi connectivity index (χ2n) is 8.13. The third-order valence-corrected chi connectivity index (χ3v) is 5.99. The molecule has 0 bridgehead atoms. The Hall–Kier alpha value is -3.87. The van der Waals surface area contributed by atoms with Crippen molar-refractivity contribution in [2.45, 2.75) is 24.9 Å². The summed E-state index contributed by atoms with van der Waals surface area (Å²) in [5.74, 6) is 1.27. The van der Waals surface area contributed by atoms with E-state index in [2.05, 4.69) is 22.2 Å². The van der Waals surface area contributed by atoms with Gasteiger partial charge in [0.25, 0.3) is 5.91 Å². The van der Waals surface area contributed by atoms with E-state index in [0.29, 0.717) is 31.0 Å². The molecule has 3 aliphatic rings. The van der Waals surface area contributed by atoms with E-state index >= 15 is 0 Å². The second-order valence-corrected chi connectivity index (χ2v) is 8.13. The van der Waals surface area contributed by atoms with E-state index in [4.69, 9.17) is 4.74 Å². The van der Waals surface area contributed by atoms with Crippen molar-refractivity contribution in [2.24, 2.45) is 4.99 Å². The van der Waals surface area contributed by atoms with Crippen LogP contribution in [0.25, 0.3) is 5.70 Å². The maximum atomic E-state index is 12.9. The summed E-state index contributed by atoms with van der Waals surface area (Å²) in [6, 6.07) is 17.3. The molecule has 0 spiro atoms. The van der Waals surface area contributed by atoms with E-state index in [1.54, 1.807) is 0 Å². The Kier molecular flexibility index (Phi) is 5.23. The third kappa shape index (κ3) is 4.01. The fraction of sp³-hybridized carbons (Fsp3) is 0.240. The standard InChI is InChI=1S/C25H24N4O3/c1-16-23(13-18-14-26-24(30)15-29(16)18)28-25(31)22-11-10-21(27-22)17-6-5-9-20(12-17)32-19-7-3-2-4-8-19/h2-10,12,18,23H,1,11,13-15H2,(H,26,30)(H,28,31). The molecule has 2 aromatic rings. The van der Waals surface area contributed by atoms with Crippen molar-refractivity contribution in [1.82, 2.24) is 15.5 Å². The van der Waals surface area contributed by atoms with Crippen LogP contribution in [0.15, 0.2) is 77.9 Å². The molecule has 0 radical (unpaired) electrons. The number of benzene rings is 2. The number of carbonyl (C=O) groups excluding carboxylic acids is 2. The number of nitrogens with one attached hydrogen (secondary N) is 2. The van der Waals surface area contributed by atoms with Gasteiger partial charge in [-0.2, -0.15) is 0 Å². The highest BCUT2D eigenvalue weighted by Gasteiger charge is 2.39. The zero-order chi connectivity index (χ0) is 22.1. The van der Waals surface area contributed by atoms with Crippen LogP contribution in [-0.2, 0) is 9.59 Å². The Balaban J connectivity index is 1.24. The number of aliphatic imine (C=N–C) groups is 1. The Bertz CT molecular complexity index is 1140. The molecule has 2 unspecified atom stereocenters. The van der Waals surface area contributed by atoms with Gasteiger partial charge in [-0.3, -0.25) is 9.59 Å². The third-order valence-electron chi connectivity index (χ3n) is 5.99. The van der Waals surface area contributed by atoms with Crippen LogP contribution >= 0.6 is 0 Å². The molecule has 32 heavy (non-hydrogen) atoms. The Morgan fingerprint density at radius 2 is 1.97 bits per heavy atom. The van der Waals surface area contributed by atoms with E-state index in [1.165, 1.54) is 0 Å². The number of ether oxygens (including phenoxy) is 1. The van der Waals surface area contributed by atoms with Gasteiger partial charge in [0.2, 0.25) is 5.91 Å². The average molecular weight is 428 g/mol. The first-order chi connectivity index (χ1) is 15.6. The molecule has 5 rings (SSSR count).